The van der Waals surface area contributed by atoms with E-state index in [1.807, 2.05) is 0 Å². The van der Waals surface area contributed by atoms with E-state index < -0.39 is 11.0 Å². The molecule has 0 saturated heterocycles. The van der Waals surface area contributed by atoms with Crippen LogP contribution < -0.4 is 0 Å². The maximum Gasteiger partial charge on any atom is 0.277 e. The van der Waals surface area contributed by atoms with Gasteiger partial charge < -0.3 is 5.11 Å². The van der Waals surface area contributed by atoms with Crippen LogP contribution in [0.2, 0.25) is 0 Å². The van der Waals surface area contributed by atoms with Crippen LogP contribution in [0.5, 0.6) is 0 Å². The van der Waals surface area contributed by atoms with Crippen molar-refractivity contribution in [1.29, 1.82) is 0 Å². The molecule has 0 bridgehead atoms. The van der Waals surface area contributed by atoms with E-state index in [1.165, 1.54) is 6.07 Å². The Labute approximate surface area is 102 Å². The molecule has 0 aliphatic carbocycles. The van der Waals surface area contributed by atoms with Crippen molar-refractivity contribution in [3.63, 3.8) is 0 Å². The van der Waals surface area contributed by atoms with Gasteiger partial charge in [0, 0.05) is 10.5 Å². The SMILES string of the molecule is C/C(=C\c1ccc(Br)cc1[N+](=O)[O-])C(C)O. The lowest BCUT2D eigenvalue weighted by atomic mass is 10.1. The third kappa shape index (κ3) is 3.15. The second-order valence-corrected chi connectivity index (χ2v) is 4.44. The summed E-state index contributed by atoms with van der Waals surface area (Å²) in [4.78, 5) is 10.4. The molecular formula is C11H12BrNO3. The van der Waals surface area contributed by atoms with E-state index in [9.17, 15) is 15.2 Å². The van der Waals surface area contributed by atoms with Crippen molar-refractivity contribution in [2.75, 3.05) is 0 Å². The predicted molar refractivity (Wildman–Crippen MR) is 66.1 cm³/mol. The van der Waals surface area contributed by atoms with Crippen LogP contribution >= 0.6 is 15.9 Å². The first-order valence-corrected chi connectivity index (χ1v) is 5.51. The topological polar surface area (TPSA) is 63.4 Å². The fourth-order valence-corrected chi connectivity index (χ4v) is 1.51. The van der Waals surface area contributed by atoms with E-state index in [1.54, 1.807) is 32.1 Å². The second kappa shape index (κ2) is 5.23. The fourth-order valence-electron chi connectivity index (χ4n) is 1.16. The van der Waals surface area contributed by atoms with Crippen LogP contribution in [0, 0.1) is 10.1 Å². The number of nitrogens with zero attached hydrogens (tertiary/aromatic N) is 1. The fraction of sp³-hybridized carbons (Fsp3) is 0.273. The molecule has 1 unspecified atom stereocenters. The van der Waals surface area contributed by atoms with Crippen molar-refractivity contribution in [2.45, 2.75) is 20.0 Å². The maximum absolute atomic E-state index is 10.8. The lowest BCUT2D eigenvalue weighted by Gasteiger charge is -2.05. The first-order valence-electron chi connectivity index (χ1n) is 4.72. The molecule has 1 rings (SSSR count). The van der Waals surface area contributed by atoms with Crippen LogP contribution in [-0.2, 0) is 0 Å². The maximum atomic E-state index is 10.8. The normalized spacial score (nSPS) is 13.6. The molecule has 0 aromatic heterocycles. The summed E-state index contributed by atoms with van der Waals surface area (Å²) < 4.78 is 0.658. The number of rotatable bonds is 3. The number of benzene rings is 1. The third-order valence-corrected chi connectivity index (χ3v) is 2.72. The Morgan fingerprint density at radius 3 is 2.75 bits per heavy atom. The number of hydrogen-bond acceptors (Lipinski definition) is 3. The van der Waals surface area contributed by atoms with Gasteiger partial charge in [0.25, 0.3) is 5.69 Å². The van der Waals surface area contributed by atoms with E-state index in [-0.39, 0.29) is 5.69 Å². The molecule has 0 saturated carbocycles. The number of nitro groups is 1. The Bertz CT molecular complexity index is 441. The van der Waals surface area contributed by atoms with Gasteiger partial charge in [-0.05, 0) is 37.6 Å². The van der Waals surface area contributed by atoms with Crippen molar-refractivity contribution in [3.05, 3.63) is 43.9 Å². The Morgan fingerprint density at radius 1 is 1.62 bits per heavy atom. The minimum atomic E-state index is -0.608. The predicted octanol–water partition coefficient (Wildman–Crippen LogP) is 3.14. The van der Waals surface area contributed by atoms with E-state index >= 15 is 0 Å². The van der Waals surface area contributed by atoms with Crippen LogP contribution in [0.3, 0.4) is 0 Å². The molecule has 86 valence electrons. The summed E-state index contributed by atoms with van der Waals surface area (Å²) in [5.41, 5.74) is 1.20. The van der Waals surface area contributed by atoms with Crippen LogP contribution in [0.1, 0.15) is 19.4 Å². The molecule has 16 heavy (non-hydrogen) atoms. The Balaban J connectivity index is 3.24. The van der Waals surface area contributed by atoms with E-state index in [0.717, 1.165) is 0 Å². The van der Waals surface area contributed by atoms with Crippen molar-refractivity contribution < 1.29 is 10.0 Å². The number of nitro benzene ring substituents is 1. The highest BCUT2D eigenvalue weighted by molar-refractivity contribution is 9.10. The van der Waals surface area contributed by atoms with Gasteiger partial charge in [0.2, 0.25) is 0 Å². The summed E-state index contributed by atoms with van der Waals surface area (Å²) >= 11 is 3.19. The van der Waals surface area contributed by atoms with Crippen LogP contribution in [0.25, 0.3) is 6.08 Å². The zero-order valence-electron chi connectivity index (χ0n) is 8.98. The van der Waals surface area contributed by atoms with Gasteiger partial charge >= 0.3 is 0 Å². The van der Waals surface area contributed by atoms with Gasteiger partial charge in [0.05, 0.1) is 16.6 Å². The van der Waals surface area contributed by atoms with Crippen molar-refractivity contribution in [2.24, 2.45) is 0 Å². The molecule has 0 aliphatic rings. The summed E-state index contributed by atoms with van der Waals surface area (Å²) in [5, 5.41) is 20.1. The van der Waals surface area contributed by atoms with Gasteiger partial charge in [-0.3, -0.25) is 10.1 Å². The zero-order valence-corrected chi connectivity index (χ0v) is 10.6. The molecule has 0 spiro atoms. The molecular weight excluding hydrogens is 274 g/mol. The molecule has 1 aromatic carbocycles. The highest BCUT2D eigenvalue weighted by Crippen LogP contribution is 2.25. The Hall–Kier alpha value is -1.20. The largest absolute Gasteiger partial charge is 0.389 e. The van der Waals surface area contributed by atoms with Gasteiger partial charge in [-0.1, -0.05) is 15.9 Å². The average molecular weight is 286 g/mol. The number of aliphatic hydroxyl groups excluding tert-OH is 1. The summed E-state index contributed by atoms with van der Waals surface area (Å²) in [6.45, 7) is 3.35. The molecule has 1 N–H and O–H groups in total. The summed E-state index contributed by atoms with van der Waals surface area (Å²) in [7, 11) is 0. The van der Waals surface area contributed by atoms with Crippen LogP contribution in [0.4, 0.5) is 5.69 Å². The second-order valence-electron chi connectivity index (χ2n) is 3.52. The van der Waals surface area contributed by atoms with Gasteiger partial charge in [0.15, 0.2) is 0 Å². The summed E-state index contributed by atoms with van der Waals surface area (Å²) in [5.74, 6) is 0. The molecule has 4 nitrogen and oxygen atoms in total. The summed E-state index contributed by atoms with van der Waals surface area (Å²) in [6, 6.07) is 4.82. The number of aliphatic hydroxyl groups is 1. The van der Waals surface area contributed by atoms with Gasteiger partial charge in [-0.25, -0.2) is 0 Å². The molecule has 0 radical (unpaired) electrons. The van der Waals surface area contributed by atoms with Gasteiger partial charge in [-0.2, -0.15) is 0 Å². The zero-order chi connectivity index (χ0) is 12.3. The lowest BCUT2D eigenvalue weighted by molar-refractivity contribution is -0.385. The monoisotopic (exact) mass is 285 g/mol. The smallest absolute Gasteiger partial charge is 0.277 e. The molecule has 1 aromatic rings. The Morgan fingerprint density at radius 2 is 2.25 bits per heavy atom. The lowest BCUT2D eigenvalue weighted by Crippen LogP contribution is -2.01. The minimum Gasteiger partial charge on any atom is -0.389 e. The molecule has 0 heterocycles. The molecule has 5 heteroatoms. The van der Waals surface area contributed by atoms with Crippen LogP contribution in [0.15, 0.2) is 28.2 Å². The van der Waals surface area contributed by atoms with Gasteiger partial charge in [-0.15, -0.1) is 0 Å². The quantitative estimate of drug-likeness (QED) is 0.685. The van der Waals surface area contributed by atoms with Gasteiger partial charge in [0.1, 0.15) is 0 Å². The molecule has 0 fully saturated rings. The van der Waals surface area contributed by atoms with Crippen molar-refractivity contribution in [1.82, 2.24) is 0 Å². The molecule has 1 atom stereocenters. The van der Waals surface area contributed by atoms with E-state index in [4.69, 9.17) is 0 Å². The number of hydrogen-bond donors (Lipinski definition) is 1. The Kier molecular flexibility index (Phi) is 4.20. The first-order chi connectivity index (χ1) is 7.41. The highest BCUT2D eigenvalue weighted by atomic mass is 79.9. The molecule has 0 amide bonds. The third-order valence-electron chi connectivity index (χ3n) is 2.23. The average Bonchev–Trinajstić information content (AvgIpc) is 2.20. The van der Waals surface area contributed by atoms with Crippen LogP contribution in [-0.4, -0.2) is 16.1 Å². The number of halogens is 1. The van der Waals surface area contributed by atoms with Crippen molar-refractivity contribution in [3.8, 4) is 0 Å². The molecule has 0 aliphatic heterocycles. The van der Waals surface area contributed by atoms with E-state index in [0.29, 0.717) is 15.6 Å². The summed E-state index contributed by atoms with van der Waals surface area (Å²) in [6.07, 6.45) is 1.01. The standard InChI is InChI=1S/C11H12BrNO3/c1-7(8(2)14)5-9-3-4-10(12)6-11(9)13(15)16/h3-6,8,14H,1-2H3/b7-5+. The van der Waals surface area contributed by atoms with E-state index in [2.05, 4.69) is 15.9 Å². The first kappa shape index (κ1) is 12.9. The highest BCUT2D eigenvalue weighted by Gasteiger charge is 2.13. The minimum absolute atomic E-state index is 0.0226. The van der Waals surface area contributed by atoms with Crippen molar-refractivity contribution >= 4 is 27.7 Å².